The van der Waals surface area contributed by atoms with E-state index in [1.54, 1.807) is 0 Å². The Labute approximate surface area is 377 Å². The van der Waals surface area contributed by atoms with Crippen molar-refractivity contribution in [1.82, 2.24) is 9.97 Å². The topological polar surface area (TPSA) is 25.8 Å². The molecule has 0 radical (unpaired) electrons. The molecule has 2 nitrogen and oxygen atoms in total. The summed E-state index contributed by atoms with van der Waals surface area (Å²) in [6.07, 6.45) is 16.3. The van der Waals surface area contributed by atoms with Crippen molar-refractivity contribution in [2.45, 2.75) is 38.5 Å². The third-order valence-electron chi connectivity index (χ3n) is 13.7. The van der Waals surface area contributed by atoms with Gasteiger partial charge in [-0.2, -0.15) is 0 Å². The maximum atomic E-state index is 4.26. The van der Waals surface area contributed by atoms with E-state index >= 15 is 0 Å². The highest BCUT2D eigenvalue weighted by Gasteiger charge is 2.38. The van der Waals surface area contributed by atoms with Gasteiger partial charge in [0, 0.05) is 35.6 Å². The largest absolute Gasteiger partial charge is 0.265 e. The number of hydrogen-bond donors (Lipinski definition) is 0. The molecule has 2 heterocycles. The second-order valence-electron chi connectivity index (χ2n) is 18.3. The van der Waals surface area contributed by atoms with Gasteiger partial charge in [-0.25, -0.2) is 0 Å². The van der Waals surface area contributed by atoms with Crippen LogP contribution in [0.2, 0.25) is 0 Å². The van der Waals surface area contributed by atoms with Gasteiger partial charge in [0.1, 0.15) is 0 Å². The highest BCUT2D eigenvalue weighted by atomic mass is 14.6. The number of rotatable bonds is 8. The van der Waals surface area contributed by atoms with E-state index in [2.05, 4.69) is 208 Å². The van der Waals surface area contributed by atoms with Crippen molar-refractivity contribution in [3.05, 3.63) is 239 Å². The molecule has 0 N–H and O–H groups in total. The second kappa shape index (κ2) is 15.6. The molecule has 2 heteroatoms. The quantitative estimate of drug-likeness (QED) is 0.153. The summed E-state index contributed by atoms with van der Waals surface area (Å²) < 4.78 is 0. The smallest absolute Gasteiger partial charge is 0.0273 e. The van der Waals surface area contributed by atoms with Gasteiger partial charge in [-0.15, -0.1) is 0 Å². The summed E-state index contributed by atoms with van der Waals surface area (Å²) in [5.74, 6) is 0. The Hall–Kier alpha value is -7.68. The van der Waals surface area contributed by atoms with Gasteiger partial charge in [0.05, 0.1) is 0 Å². The minimum absolute atomic E-state index is 0.117. The normalized spacial score (nSPS) is 14.1. The fourth-order valence-electron chi connectivity index (χ4n) is 10.2. The van der Waals surface area contributed by atoms with E-state index in [1.807, 2.05) is 49.1 Å². The average Bonchev–Trinajstić information content (AvgIpc) is 3.71. The Morgan fingerprint density at radius 3 is 1.06 bits per heavy atom. The molecule has 0 saturated heterocycles. The van der Waals surface area contributed by atoms with E-state index in [0.29, 0.717) is 0 Å². The molecule has 0 bridgehead atoms. The van der Waals surface area contributed by atoms with Crippen molar-refractivity contribution in [1.29, 1.82) is 0 Å². The predicted molar refractivity (Wildman–Crippen MR) is 270 cm³/mol. The summed E-state index contributed by atoms with van der Waals surface area (Å²) >= 11 is 0. The van der Waals surface area contributed by atoms with Gasteiger partial charge in [-0.05, 0) is 172 Å². The number of hydrogen-bond acceptors (Lipinski definition) is 2. The molecular formula is C62H48N2. The molecule has 64 heavy (non-hydrogen) atoms. The zero-order valence-electron chi connectivity index (χ0n) is 36.7. The lowest BCUT2D eigenvalue weighted by Gasteiger charge is -2.24. The van der Waals surface area contributed by atoms with Crippen molar-refractivity contribution < 1.29 is 0 Å². The Kier molecular flexibility index (Phi) is 9.55. The van der Waals surface area contributed by atoms with Crippen LogP contribution in [0.4, 0.5) is 0 Å². The number of aromatic nitrogens is 2. The molecule has 0 fully saturated rings. The summed E-state index contributed by atoms with van der Waals surface area (Å²) in [7, 11) is 0. The number of fused-ring (bicyclic) bond motifs is 6. The van der Waals surface area contributed by atoms with Gasteiger partial charge in [-0.1, -0.05) is 161 Å². The van der Waals surface area contributed by atoms with Crippen LogP contribution in [0.25, 0.3) is 91.1 Å². The summed E-state index contributed by atoms with van der Waals surface area (Å²) in [5.41, 5.74) is 24.8. The first-order valence-electron chi connectivity index (χ1n) is 22.3. The number of benzene rings is 7. The van der Waals surface area contributed by atoms with Crippen molar-refractivity contribution in [2.24, 2.45) is 0 Å². The predicted octanol–water partition coefficient (Wildman–Crippen LogP) is 16.1. The van der Waals surface area contributed by atoms with Crippen molar-refractivity contribution in [2.75, 3.05) is 0 Å². The van der Waals surface area contributed by atoms with Gasteiger partial charge < -0.3 is 0 Å². The standard InChI is InChI=1S/C62H48N2/c1-61(2)57-37-45(43-11-7-5-8-12-43)19-23-51(57)52-24-20-46(38-58(52)61)47-21-25-53-54-26-22-50(40-60(54)62(3,4)59(53)39-47)56-36-48(17-15-41-27-31-63-32-28-41)55(44-13-9-6-10-14-44)35-49(56)18-16-42-29-33-64-34-30-42/h5-40H,1-4H3/b17-15+,18-16+. The first kappa shape index (κ1) is 39.2. The molecule has 0 unspecified atom stereocenters. The Morgan fingerprint density at radius 2 is 0.641 bits per heavy atom. The van der Waals surface area contributed by atoms with Crippen LogP contribution in [0.15, 0.2) is 195 Å². The van der Waals surface area contributed by atoms with Crippen LogP contribution < -0.4 is 0 Å². The average molecular weight is 821 g/mol. The Morgan fingerprint density at radius 1 is 0.297 bits per heavy atom. The van der Waals surface area contributed by atoms with E-state index < -0.39 is 0 Å². The summed E-state index contributed by atoms with van der Waals surface area (Å²) in [4.78, 5) is 8.50. The van der Waals surface area contributed by atoms with E-state index in [1.165, 1.54) is 89.0 Å². The van der Waals surface area contributed by atoms with Crippen molar-refractivity contribution in [3.63, 3.8) is 0 Å². The first-order valence-corrected chi connectivity index (χ1v) is 22.3. The van der Waals surface area contributed by atoms with Crippen LogP contribution in [0.3, 0.4) is 0 Å². The van der Waals surface area contributed by atoms with Gasteiger partial charge in [-0.3, -0.25) is 9.97 Å². The van der Waals surface area contributed by atoms with Crippen LogP contribution in [-0.4, -0.2) is 9.97 Å². The second-order valence-corrected chi connectivity index (χ2v) is 18.3. The molecular weight excluding hydrogens is 773 g/mol. The van der Waals surface area contributed by atoms with Gasteiger partial charge in [0.25, 0.3) is 0 Å². The highest BCUT2D eigenvalue weighted by Crippen LogP contribution is 2.53. The summed E-state index contributed by atoms with van der Waals surface area (Å²) in [6.45, 7) is 9.55. The fourth-order valence-corrected chi connectivity index (χ4v) is 10.2. The summed E-state index contributed by atoms with van der Waals surface area (Å²) in [5, 5.41) is 0. The zero-order chi connectivity index (χ0) is 43.4. The van der Waals surface area contributed by atoms with Crippen LogP contribution >= 0.6 is 0 Å². The SMILES string of the molecule is CC1(C)c2cc(-c3ccccc3)ccc2-c2ccc(-c3ccc4c(c3)C(C)(C)c3cc(-c5cc(/C=C/c6ccncc6)c(-c6ccccc6)cc5/C=C/c5ccncc5)ccc3-4)cc21. The molecule has 0 saturated carbocycles. The number of pyridine rings is 2. The molecule has 306 valence electrons. The molecule has 0 amide bonds. The monoisotopic (exact) mass is 820 g/mol. The van der Waals surface area contributed by atoms with Gasteiger partial charge in [0.2, 0.25) is 0 Å². The van der Waals surface area contributed by atoms with Crippen molar-refractivity contribution in [3.8, 4) is 66.8 Å². The molecule has 11 rings (SSSR count). The van der Waals surface area contributed by atoms with E-state index in [9.17, 15) is 0 Å². The lowest BCUT2D eigenvalue weighted by atomic mass is 9.79. The molecule has 2 aliphatic carbocycles. The molecule has 7 aromatic carbocycles. The van der Waals surface area contributed by atoms with Crippen LogP contribution in [0, 0.1) is 0 Å². The Balaban J connectivity index is 0.981. The molecule has 0 spiro atoms. The lowest BCUT2D eigenvalue weighted by molar-refractivity contribution is 0.660. The molecule has 9 aromatic rings. The van der Waals surface area contributed by atoms with Gasteiger partial charge in [0.15, 0.2) is 0 Å². The van der Waals surface area contributed by atoms with Gasteiger partial charge >= 0.3 is 0 Å². The Bertz CT molecular complexity index is 3280. The lowest BCUT2D eigenvalue weighted by Crippen LogP contribution is -2.15. The van der Waals surface area contributed by atoms with E-state index in [0.717, 1.165) is 22.3 Å². The first-order chi connectivity index (χ1) is 31.2. The maximum absolute atomic E-state index is 4.26. The van der Waals surface area contributed by atoms with Crippen LogP contribution in [0.5, 0.6) is 0 Å². The summed E-state index contributed by atoms with van der Waals surface area (Å²) in [6, 6.07) is 62.7. The minimum atomic E-state index is -0.210. The zero-order valence-corrected chi connectivity index (χ0v) is 36.7. The molecule has 0 atom stereocenters. The molecule has 2 aliphatic rings. The third kappa shape index (κ3) is 6.83. The third-order valence-corrected chi connectivity index (χ3v) is 13.7. The van der Waals surface area contributed by atoms with E-state index in [-0.39, 0.29) is 10.8 Å². The fraction of sp³-hybridized carbons (Fsp3) is 0.0968. The maximum Gasteiger partial charge on any atom is 0.0273 e. The van der Waals surface area contributed by atoms with Crippen molar-refractivity contribution >= 4 is 24.3 Å². The van der Waals surface area contributed by atoms with Crippen LogP contribution in [-0.2, 0) is 10.8 Å². The molecule has 2 aromatic heterocycles. The minimum Gasteiger partial charge on any atom is -0.265 e. The highest BCUT2D eigenvalue weighted by molar-refractivity contribution is 5.93. The van der Waals surface area contributed by atoms with Crippen LogP contribution in [0.1, 0.15) is 72.2 Å². The number of nitrogens with zero attached hydrogens (tertiary/aromatic N) is 2. The van der Waals surface area contributed by atoms with E-state index in [4.69, 9.17) is 0 Å². The molecule has 0 aliphatic heterocycles.